The van der Waals surface area contributed by atoms with Gasteiger partial charge in [-0.25, -0.2) is 4.98 Å². The summed E-state index contributed by atoms with van der Waals surface area (Å²) < 4.78 is 4.86. The van der Waals surface area contributed by atoms with Gasteiger partial charge in [-0.1, -0.05) is 18.2 Å². The van der Waals surface area contributed by atoms with Gasteiger partial charge >= 0.3 is 5.97 Å². The van der Waals surface area contributed by atoms with E-state index >= 15 is 0 Å². The van der Waals surface area contributed by atoms with Crippen molar-refractivity contribution in [2.24, 2.45) is 10.2 Å². The highest BCUT2D eigenvalue weighted by molar-refractivity contribution is 5.72. The van der Waals surface area contributed by atoms with Gasteiger partial charge in [-0.15, -0.1) is 5.11 Å². The molecule has 2 rings (SSSR count). The number of hydrogen-bond donors (Lipinski definition) is 1. The van der Waals surface area contributed by atoms with E-state index in [1.807, 2.05) is 30.3 Å². The Labute approximate surface area is 122 Å². The molecule has 2 aromatic rings. The van der Waals surface area contributed by atoms with E-state index < -0.39 is 0 Å². The third-order valence-electron chi connectivity index (χ3n) is 2.62. The molecule has 2 N–H and O–H groups in total. The molecule has 6 nitrogen and oxygen atoms in total. The highest BCUT2D eigenvalue weighted by Gasteiger charge is 2.07. The van der Waals surface area contributed by atoms with Crippen LogP contribution in [-0.2, 0) is 16.0 Å². The Kier molecular flexibility index (Phi) is 4.98. The minimum absolute atomic E-state index is 0.0914. The number of nitrogen functional groups attached to an aromatic ring is 1. The number of nitrogens with zero attached hydrogens (tertiary/aromatic N) is 3. The van der Waals surface area contributed by atoms with E-state index in [0.717, 1.165) is 5.69 Å². The van der Waals surface area contributed by atoms with E-state index in [2.05, 4.69) is 15.2 Å². The topological polar surface area (TPSA) is 89.9 Å². The quantitative estimate of drug-likeness (QED) is 0.674. The van der Waals surface area contributed by atoms with E-state index in [9.17, 15) is 4.79 Å². The average Bonchev–Trinajstić information content (AvgIpc) is 2.48. The third-order valence-corrected chi connectivity index (χ3v) is 2.62. The van der Waals surface area contributed by atoms with Crippen LogP contribution in [0.1, 0.15) is 12.6 Å². The molecule has 1 aromatic heterocycles. The fourth-order valence-electron chi connectivity index (χ4n) is 1.66. The Morgan fingerprint density at radius 3 is 2.62 bits per heavy atom. The number of hydrogen-bond acceptors (Lipinski definition) is 6. The first-order valence-corrected chi connectivity index (χ1v) is 6.57. The maximum Gasteiger partial charge on any atom is 0.311 e. The van der Waals surface area contributed by atoms with Crippen LogP contribution in [0.3, 0.4) is 0 Å². The fraction of sp³-hybridized carbons (Fsp3) is 0.200. The first kappa shape index (κ1) is 14.6. The number of rotatable bonds is 5. The van der Waals surface area contributed by atoms with Gasteiger partial charge < -0.3 is 10.5 Å². The second-order valence-electron chi connectivity index (χ2n) is 4.22. The minimum atomic E-state index is -0.330. The molecule has 1 aromatic carbocycles. The van der Waals surface area contributed by atoms with Crippen molar-refractivity contribution in [3.63, 3.8) is 0 Å². The highest BCUT2D eigenvalue weighted by Crippen LogP contribution is 2.23. The number of aromatic nitrogens is 1. The van der Waals surface area contributed by atoms with Gasteiger partial charge in [-0.2, -0.15) is 5.11 Å². The number of ether oxygens (including phenoxy) is 1. The smallest absolute Gasteiger partial charge is 0.311 e. The summed E-state index contributed by atoms with van der Waals surface area (Å²) in [6.07, 6.45) is 0.0914. The van der Waals surface area contributed by atoms with Gasteiger partial charge in [0.2, 0.25) is 0 Å². The van der Waals surface area contributed by atoms with E-state index in [1.165, 1.54) is 0 Å². The van der Waals surface area contributed by atoms with Crippen LogP contribution in [-0.4, -0.2) is 17.6 Å². The first-order chi connectivity index (χ1) is 10.2. The lowest BCUT2D eigenvalue weighted by Gasteiger charge is -2.03. The molecule has 0 unspecified atom stereocenters. The Hall–Kier alpha value is -2.76. The van der Waals surface area contributed by atoms with Crippen molar-refractivity contribution < 1.29 is 9.53 Å². The third kappa shape index (κ3) is 4.38. The molecule has 0 fully saturated rings. The lowest BCUT2D eigenvalue weighted by molar-refractivity contribution is -0.142. The number of benzene rings is 1. The standard InChI is InChI=1S/C15H16N4O2/c1-2-21-14(20)10-12-8-9-13(15(16)17-12)19-18-11-6-4-3-5-7-11/h3-9H,2,10H2,1H3,(H2,16,17). The van der Waals surface area contributed by atoms with Crippen LogP contribution >= 0.6 is 0 Å². The van der Waals surface area contributed by atoms with Crippen molar-refractivity contribution in [1.82, 2.24) is 4.98 Å². The molecule has 6 heteroatoms. The zero-order valence-electron chi connectivity index (χ0n) is 11.7. The maximum atomic E-state index is 11.4. The zero-order valence-corrected chi connectivity index (χ0v) is 11.7. The maximum absolute atomic E-state index is 11.4. The van der Waals surface area contributed by atoms with Crippen LogP contribution in [0.5, 0.6) is 0 Å². The molecule has 21 heavy (non-hydrogen) atoms. The van der Waals surface area contributed by atoms with Gasteiger partial charge in [0.1, 0.15) is 5.69 Å². The number of nitrogens with two attached hydrogens (primary N) is 1. The van der Waals surface area contributed by atoms with Gasteiger partial charge in [0.25, 0.3) is 0 Å². The molecule has 0 saturated heterocycles. The van der Waals surface area contributed by atoms with E-state index in [0.29, 0.717) is 18.0 Å². The summed E-state index contributed by atoms with van der Waals surface area (Å²) in [7, 11) is 0. The molecule has 0 atom stereocenters. The van der Waals surface area contributed by atoms with Gasteiger partial charge in [0.15, 0.2) is 5.82 Å². The molecule has 0 aliphatic rings. The second-order valence-corrected chi connectivity index (χ2v) is 4.22. The SMILES string of the molecule is CCOC(=O)Cc1ccc(N=Nc2ccccc2)c(N)n1. The summed E-state index contributed by atoms with van der Waals surface area (Å²) >= 11 is 0. The predicted molar refractivity (Wildman–Crippen MR) is 79.6 cm³/mol. The lowest BCUT2D eigenvalue weighted by Crippen LogP contribution is -2.09. The Bertz CT molecular complexity index is 641. The summed E-state index contributed by atoms with van der Waals surface area (Å²) in [6, 6.07) is 12.7. The molecule has 1 heterocycles. The molecule has 0 radical (unpaired) electrons. The number of anilines is 1. The lowest BCUT2D eigenvalue weighted by atomic mass is 10.2. The summed E-state index contributed by atoms with van der Waals surface area (Å²) in [5.41, 5.74) is 7.56. The van der Waals surface area contributed by atoms with Gasteiger partial charge in [-0.05, 0) is 31.2 Å². The van der Waals surface area contributed by atoms with Crippen LogP contribution in [0.4, 0.5) is 17.2 Å². The minimum Gasteiger partial charge on any atom is -0.466 e. The van der Waals surface area contributed by atoms with Crippen LogP contribution < -0.4 is 5.73 Å². The van der Waals surface area contributed by atoms with E-state index in [-0.39, 0.29) is 18.2 Å². The number of carbonyl (C=O) groups excluding carboxylic acids is 1. The predicted octanol–water partition coefficient (Wildman–Crippen LogP) is 3.18. The van der Waals surface area contributed by atoms with Crippen LogP contribution in [0.25, 0.3) is 0 Å². The van der Waals surface area contributed by atoms with Crippen LogP contribution in [0.2, 0.25) is 0 Å². The fourth-order valence-corrected chi connectivity index (χ4v) is 1.66. The molecule has 0 amide bonds. The largest absolute Gasteiger partial charge is 0.466 e. The van der Waals surface area contributed by atoms with Crippen molar-refractivity contribution in [3.05, 3.63) is 48.2 Å². The number of azo groups is 1. The van der Waals surface area contributed by atoms with Crippen molar-refractivity contribution in [3.8, 4) is 0 Å². The first-order valence-electron chi connectivity index (χ1n) is 6.57. The zero-order chi connectivity index (χ0) is 15.1. The van der Waals surface area contributed by atoms with Crippen LogP contribution in [0.15, 0.2) is 52.7 Å². The van der Waals surface area contributed by atoms with Crippen molar-refractivity contribution >= 4 is 23.2 Å². The molecule has 108 valence electrons. The molecule has 0 spiro atoms. The summed E-state index contributed by atoms with van der Waals surface area (Å²) in [5.74, 6) is -0.0976. The van der Waals surface area contributed by atoms with Gasteiger partial charge in [0.05, 0.1) is 24.4 Å². The number of esters is 1. The van der Waals surface area contributed by atoms with Crippen molar-refractivity contribution in [1.29, 1.82) is 0 Å². The second kappa shape index (κ2) is 7.14. The molecule has 0 bridgehead atoms. The van der Waals surface area contributed by atoms with E-state index in [1.54, 1.807) is 19.1 Å². The molecule has 0 aliphatic heterocycles. The van der Waals surface area contributed by atoms with Crippen molar-refractivity contribution in [2.75, 3.05) is 12.3 Å². The molecular formula is C15H16N4O2. The number of pyridine rings is 1. The Morgan fingerprint density at radius 1 is 1.19 bits per heavy atom. The van der Waals surface area contributed by atoms with Gasteiger partial charge in [-0.3, -0.25) is 4.79 Å². The normalized spacial score (nSPS) is 10.7. The average molecular weight is 284 g/mol. The Morgan fingerprint density at radius 2 is 1.95 bits per heavy atom. The number of carbonyl (C=O) groups is 1. The summed E-state index contributed by atoms with van der Waals surface area (Å²) in [4.78, 5) is 15.5. The van der Waals surface area contributed by atoms with Crippen molar-refractivity contribution in [2.45, 2.75) is 13.3 Å². The molecular weight excluding hydrogens is 268 g/mol. The molecule has 0 saturated carbocycles. The van der Waals surface area contributed by atoms with E-state index in [4.69, 9.17) is 10.5 Å². The summed E-state index contributed by atoms with van der Waals surface area (Å²) in [6.45, 7) is 2.10. The highest BCUT2D eigenvalue weighted by atomic mass is 16.5. The van der Waals surface area contributed by atoms with Crippen LogP contribution in [0, 0.1) is 0 Å². The molecule has 0 aliphatic carbocycles. The summed E-state index contributed by atoms with van der Waals surface area (Å²) in [5, 5.41) is 8.12. The van der Waals surface area contributed by atoms with Gasteiger partial charge in [0, 0.05) is 0 Å². The monoisotopic (exact) mass is 284 g/mol. The Balaban J connectivity index is 2.09.